The number of carbonyl (C=O) groups is 4. The largest absolute Gasteiger partial charge is 0.455 e. The molecule has 1 aromatic carbocycles. The van der Waals surface area contributed by atoms with Gasteiger partial charge in [-0.25, -0.2) is 0 Å². The second kappa shape index (κ2) is 14.6. The third kappa shape index (κ3) is 6.49. The summed E-state index contributed by atoms with van der Waals surface area (Å²) in [5.41, 5.74) is -0.550. The highest BCUT2D eigenvalue weighted by Gasteiger charge is 2.77. The summed E-state index contributed by atoms with van der Waals surface area (Å²) in [6.07, 6.45) is 7.97. The molecule has 4 fully saturated rings. The molecule has 1 aliphatic carbocycles. The summed E-state index contributed by atoms with van der Waals surface area (Å²) in [6.45, 7) is 7.55. The number of alkyl halides is 1. The number of β-amino-alcohol motifs (C(OH)–C–C–N with tert-alkyl or cyclic N) is 1. The van der Waals surface area contributed by atoms with Gasteiger partial charge in [0.1, 0.15) is 17.7 Å². The minimum Gasteiger partial charge on any atom is -0.455 e. The first-order valence-corrected chi connectivity index (χ1v) is 17.0. The van der Waals surface area contributed by atoms with E-state index in [-0.39, 0.29) is 54.7 Å². The van der Waals surface area contributed by atoms with Crippen LogP contribution >= 0.6 is 15.9 Å². The normalized spacial score (nSPS) is 29.6. The average molecular weight is 687 g/mol. The fourth-order valence-electron chi connectivity index (χ4n) is 7.78. The summed E-state index contributed by atoms with van der Waals surface area (Å²) >= 11 is 3.70. The average Bonchev–Trinajstić information content (AvgIpc) is 3.64. The quantitative estimate of drug-likeness (QED) is 0.175. The second-order valence-corrected chi connectivity index (χ2v) is 13.6. The fourth-order valence-corrected chi connectivity index (χ4v) is 8.72. The Morgan fingerprint density at radius 3 is 2.58 bits per heavy atom. The molecule has 10 nitrogen and oxygen atoms in total. The summed E-state index contributed by atoms with van der Waals surface area (Å²) in [4.78, 5) is 58.1. The van der Waals surface area contributed by atoms with E-state index in [2.05, 4.69) is 34.4 Å². The van der Waals surface area contributed by atoms with Gasteiger partial charge >= 0.3 is 5.97 Å². The second-order valence-electron chi connectivity index (χ2n) is 12.5. The first-order chi connectivity index (χ1) is 21.8. The lowest BCUT2D eigenvalue weighted by Gasteiger charge is -2.40. The summed E-state index contributed by atoms with van der Waals surface area (Å²) in [6, 6.07) is 8.17. The number of nitrogens with zero attached hydrogens (tertiary/aromatic N) is 2. The molecule has 45 heavy (non-hydrogen) atoms. The maximum absolute atomic E-state index is 14.5. The Bertz CT molecular complexity index is 1270. The highest BCUT2D eigenvalue weighted by molar-refractivity contribution is 9.09. The van der Waals surface area contributed by atoms with Gasteiger partial charge in [-0.3, -0.25) is 19.2 Å². The molecule has 1 unspecified atom stereocenters. The first-order valence-electron chi connectivity index (χ1n) is 16.0. The third-order valence-corrected chi connectivity index (χ3v) is 10.6. The van der Waals surface area contributed by atoms with Crippen molar-refractivity contribution in [3.8, 4) is 0 Å². The van der Waals surface area contributed by atoms with E-state index in [9.17, 15) is 24.3 Å². The number of fused-ring (bicyclic) bond motifs is 1. The third-order valence-electron chi connectivity index (χ3n) is 9.75. The number of nitrogens with one attached hydrogen (secondary N) is 1. The van der Waals surface area contributed by atoms with Crippen molar-refractivity contribution in [2.45, 2.75) is 86.1 Å². The van der Waals surface area contributed by atoms with Crippen LogP contribution in [0.25, 0.3) is 0 Å². The zero-order valence-corrected chi connectivity index (χ0v) is 27.2. The molecule has 3 amide bonds. The van der Waals surface area contributed by atoms with Crippen LogP contribution in [-0.4, -0.2) is 93.5 Å². The number of allylic oxidation sites excluding steroid dienone is 1. The van der Waals surface area contributed by atoms with Gasteiger partial charge in [-0.2, -0.15) is 0 Å². The number of rotatable bonds is 14. The van der Waals surface area contributed by atoms with E-state index in [1.807, 2.05) is 35.2 Å². The van der Waals surface area contributed by atoms with Gasteiger partial charge in [-0.05, 0) is 31.2 Å². The van der Waals surface area contributed by atoms with Crippen LogP contribution in [0.4, 0.5) is 0 Å². The number of aliphatic hydroxyl groups is 1. The van der Waals surface area contributed by atoms with Crippen molar-refractivity contribution in [3.05, 3.63) is 61.2 Å². The lowest BCUT2D eigenvalue weighted by atomic mass is 9.70. The Morgan fingerprint density at radius 2 is 1.91 bits per heavy atom. The number of benzene rings is 1. The predicted octanol–water partition coefficient (Wildman–Crippen LogP) is 3.44. The Hall–Kier alpha value is -3.02. The Kier molecular flexibility index (Phi) is 10.8. The number of ether oxygens (including phenoxy) is 2. The molecule has 4 aliphatic rings. The number of hydrogen-bond acceptors (Lipinski definition) is 7. The van der Waals surface area contributed by atoms with Crippen LogP contribution < -0.4 is 5.32 Å². The molecule has 1 spiro atoms. The fraction of sp³-hybridized carbons (Fsp3) is 0.588. The van der Waals surface area contributed by atoms with Crippen LogP contribution in [0.1, 0.15) is 63.0 Å². The molecule has 11 heteroatoms. The van der Waals surface area contributed by atoms with Crippen molar-refractivity contribution in [2.75, 3.05) is 26.2 Å². The molecule has 0 aromatic heterocycles. The van der Waals surface area contributed by atoms with Crippen molar-refractivity contribution in [2.24, 2.45) is 11.8 Å². The van der Waals surface area contributed by atoms with E-state index in [4.69, 9.17) is 9.47 Å². The van der Waals surface area contributed by atoms with Crippen molar-refractivity contribution >= 4 is 39.6 Å². The SMILES string of the molecule is C=CCCC(=O)NC[C@@H](OC(=O)[C@H]1[C@@H]2O[C@@]3(CC2Br)[C@@H]1C(=O)N(CCO)[C@@H]3C(=O)N(CC=C)C1CCCCC1)c1ccccc1. The van der Waals surface area contributed by atoms with Crippen LogP contribution in [0.5, 0.6) is 0 Å². The van der Waals surface area contributed by atoms with Crippen LogP contribution in [0.3, 0.4) is 0 Å². The topological polar surface area (TPSA) is 125 Å². The molecule has 3 heterocycles. The highest BCUT2D eigenvalue weighted by Crippen LogP contribution is 2.60. The number of likely N-dealkylation sites (tertiary alicyclic amines) is 1. The molecule has 0 radical (unpaired) electrons. The van der Waals surface area contributed by atoms with Crippen molar-refractivity contribution in [3.63, 3.8) is 0 Å². The van der Waals surface area contributed by atoms with Crippen molar-refractivity contribution < 1.29 is 33.8 Å². The van der Waals surface area contributed by atoms with Gasteiger partial charge in [-0.1, -0.05) is 77.7 Å². The van der Waals surface area contributed by atoms with Crippen molar-refractivity contribution in [1.29, 1.82) is 0 Å². The van der Waals surface area contributed by atoms with E-state index < -0.39 is 41.7 Å². The molecule has 1 aromatic rings. The van der Waals surface area contributed by atoms with Gasteiger partial charge < -0.3 is 29.7 Å². The Labute approximate surface area is 273 Å². The Morgan fingerprint density at radius 1 is 1.18 bits per heavy atom. The smallest absolute Gasteiger partial charge is 0.313 e. The van der Waals surface area contributed by atoms with E-state index >= 15 is 0 Å². The molecule has 1 saturated carbocycles. The number of halogens is 1. The minimum atomic E-state index is -1.25. The van der Waals surface area contributed by atoms with Gasteiger partial charge in [0, 0.05) is 30.4 Å². The van der Waals surface area contributed by atoms with E-state index in [0.717, 1.165) is 32.1 Å². The first kappa shape index (κ1) is 33.3. The molecule has 3 saturated heterocycles. The van der Waals surface area contributed by atoms with Gasteiger partial charge in [0.25, 0.3) is 0 Å². The van der Waals surface area contributed by atoms with Gasteiger partial charge in [0.15, 0.2) is 0 Å². The molecule has 3 aliphatic heterocycles. The summed E-state index contributed by atoms with van der Waals surface area (Å²) in [7, 11) is 0. The monoisotopic (exact) mass is 685 g/mol. The summed E-state index contributed by atoms with van der Waals surface area (Å²) in [5, 5.41) is 12.8. The van der Waals surface area contributed by atoms with Gasteiger partial charge in [-0.15, -0.1) is 13.2 Å². The molecule has 7 atom stereocenters. The van der Waals surface area contributed by atoms with Crippen LogP contribution in [0.2, 0.25) is 0 Å². The molecule has 2 bridgehead atoms. The minimum absolute atomic E-state index is 0.0261. The van der Waals surface area contributed by atoms with Crippen LogP contribution in [0, 0.1) is 11.8 Å². The van der Waals surface area contributed by atoms with E-state index in [1.165, 1.54) is 4.90 Å². The van der Waals surface area contributed by atoms with Crippen molar-refractivity contribution in [1.82, 2.24) is 15.1 Å². The number of esters is 1. The van der Waals surface area contributed by atoms with Gasteiger partial charge in [0.2, 0.25) is 17.7 Å². The van der Waals surface area contributed by atoms with E-state index in [1.54, 1.807) is 12.2 Å². The van der Waals surface area contributed by atoms with Gasteiger partial charge in [0.05, 0.1) is 31.1 Å². The lowest BCUT2D eigenvalue weighted by Crippen LogP contribution is -2.59. The maximum Gasteiger partial charge on any atom is 0.313 e. The summed E-state index contributed by atoms with van der Waals surface area (Å²) < 4.78 is 12.7. The Balaban J connectivity index is 1.43. The molecule has 5 rings (SSSR count). The maximum atomic E-state index is 14.5. The van der Waals surface area contributed by atoms with Crippen LogP contribution in [0.15, 0.2) is 55.6 Å². The number of aliphatic hydroxyl groups excluding tert-OH is 1. The zero-order chi connectivity index (χ0) is 32.1. The zero-order valence-electron chi connectivity index (χ0n) is 25.7. The highest BCUT2D eigenvalue weighted by atomic mass is 79.9. The number of hydrogen-bond donors (Lipinski definition) is 2. The summed E-state index contributed by atoms with van der Waals surface area (Å²) in [5.74, 6) is -3.35. The molecular formula is C34H44BrN3O7. The number of carbonyl (C=O) groups excluding carboxylic acids is 4. The predicted molar refractivity (Wildman–Crippen MR) is 171 cm³/mol. The molecular weight excluding hydrogens is 642 g/mol. The molecule has 2 N–H and O–H groups in total. The van der Waals surface area contributed by atoms with Crippen LogP contribution in [-0.2, 0) is 28.7 Å². The number of amides is 3. The standard InChI is InChI=1S/C34H44BrN3O7/c1-3-5-16-26(40)36-21-25(22-12-8-6-9-13-22)44-33(43)27-28-31(41)38(18-19-39)30(34(28)20-24(35)29(27)45-34)32(42)37(17-4-2)23-14-10-7-11-15-23/h3-4,6,8-9,12-13,23-25,27-30,39H,1-2,5,7,10-11,14-21H2,(H,36,40)/t24?,25-,27-,28+,29-,30-,34+/m1/s1. The molecule has 244 valence electrons. The van der Waals surface area contributed by atoms with E-state index in [0.29, 0.717) is 24.9 Å². The lowest BCUT2D eigenvalue weighted by molar-refractivity contribution is -0.160.